The zero-order valence-electron chi connectivity index (χ0n) is 7.95. The molecule has 0 radical (unpaired) electrons. The van der Waals surface area contributed by atoms with Crippen LogP contribution in [0.3, 0.4) is 0 Å². The molecule has 2 aliphatic heterocycles. The number of nitrogens with one attached hydrogen (secondary N) is 1. The second-order valence-electron chi connectivity index (χ2n) is 3.89. The number of rotatable bonds is 0. The van der Waals surface area contributed by atoms with Crippen molar-refractivity contribution < 1.29 is 4.79 Å². The second kappa shape index (κ2) is 4.29. The van der Waals surface area contributed by atoms with Gasteiger partial charge in [0, 0.05) is 26.2 Å². The number of carbonyl (C=O) groups excluding carboxylic acids is 1. The molecule has 0 aromatic heterocycles. The van der Waals surface area contributed by atoms with E-state index in [4.69, 9.17) is 0 Å². The minimum atomic E-state index is 0. The van der Waals surface area contributed by atoms with Crippen molar-refractivity contribution >= 4 is 18.3 Å². The van der Waals surface area contributed by atoms with E-state index in [1.54, 1.807) is 0 Å². The Labute approximate surface area is 85.3 Å². The summed E-state index contributed by atoms with van der Waals surface area (Å²) in [6.45, 7) is 1.87. The molecule has 2 aliphatic rings. The number of likely N-dealkylation sites (N-methyl/N-ethyl adjacent to an activating group) is 1. The number of hydrogen-bond donors (Lipinski definition) is 1. The standard InChI is InChI=1S/C9H16N2O.ClH/c1-11-8-4-2-3-7(9(11)12)5-10-6-8;/h7-8,10H,2-6H2,1H3;1H. The summed E-state index contributed by atoms with van der Waals surface area (Å²) in [4.78, 5) is 13.7. The van der Waals surface area contributed by atoms with Crippen molar-refractivity contribution in [1.82, 2.24) is 10.2 Å². The van der Waals surface area contributed by atoms with Crippen molar-refractivity contribution in [3.8, 4) is 0 Å². The van der Waals surface area contributed by atoms with Gasteiger partial charge in [0.05, 0.1) is 5.92 Å². The monoisotopic (exact) mass is 204 g/mol. The summed E-state index contributed by atoms with van der Waals surface area (Å²) in [5.74, 6) is 0.602. The molecule has 2 saturated heterocycles. The van der Waals surface area contributed by atoms with Crippen LogP contribution < -0.4 is 5.32 Å². The summed E-state index contributed by atoms with van der Waals surface area (Å²) < 4.78 is 0. The first-order valence-electron chi connectivity index (χ1n) is 4.76. The van der Waals surface area contributed by atoms with Crippen LogP contribution in [0.1, 0.15) is 19.3 Å². The van der Waals surface area contributed by atoms with Crippen molar-refractivity contribution in [2.24, 2.45) is 5.92 Å². The maximum atomic E-state index is 11.7. The minimum absolute atomic E-state index is 0. The Bertz CT molecular complexity index is 184. The van der Waals surface area contributed by atoms with Crippen molar-refractivity contribution in [1.29, 1.82) is 0 Å². The van der Waals surface area contributed by atoms with Crippen LogP contribution in [0.5, 0.6) is 0 Å². The van der Waals surface area contributed by atoms with Gasteiger partial charge in [-0.1, -0.05) is 6.42 Å². The van der Waals surface area contributed by atoms with E-state index >= 15 is 0 Å². The normalized spacial score (nSPS) is 33.6. The fourth-order valence-corrected chi connectivity index (χ4v) is 2.24. The zero-order chi connectivity index (χ0) is 8.55. The highest BCUT2D eigenvalue weighted by molar-refractivity contribution is 5.85. The lowest BCUT2D eigenvalue weighted by atomic mass is 10.0. The zero-order valence-corrected chi connectivity index (χ0v) is 8.77. The molecule has 2 atom stereocenters. The smallest absolute Gasteiger partial charge is 0.226 e. The van der Waals surface area contributed by atoms with Gasteiger partial charge in [0.15, 0.2) is 0 Å². The number of nitrogens with zero attached hydrogens (tertiary/aromatic N) is 1. The quantitative estimate of drug-likeness (QED) is 0.628. The molecule has 3 nitrogen and oxygen atoms in total. The van der Waals surface area contributed by atoms with Crippen molar-refractivity contribution in [3.63, 3.8) is 0 Å². The van der Waals surface area contributed by atoms with Crippen LogP contribution in [0, 0.1) is 5.92 Å². The van der Waals surface area contributed by atoms with E-state index in [0.717, 1.165) is 19.5 Å². The van der Waals surface area contributed by atoms with Gasteiger partial charge in [-0.3, -0.25) is 4.79 Å². The Balaban J connectivity index is 0.000000845. The van der Waals surface area contributed by atoms with Crippen LogP contribution in [0.2, 0.25) is 0 Å². The predicted octanol–water partition coefficient (Wildman–Crippen LogP) is 0.638. The lowest BCUT2D eigenvalue weighted by molar-refractivity contribution is -0.134. The Morgan fingerprint density at radius 3 is 2.92 bits per heavy atom. The van der Waals surface area contributed by atoms with Crippen LogP contribution in [0.25, 0.3) is 0 Å². The van der Waals surface area contributed by atoms with Gasteiger partial charge in [-0.05, 0) is 12.8 Å². The topological polar surface area (TPSA) is 32.3 Å². The van der Waals surface area contributed by atoms with Gasteiger partial charge in [-0.2, -0.15) is 0 Å². The highest BCUT2D eigenvalue weighted by Gasteiger charge is 2.32. The van der Waals surface area contributed by atoms with Gasteiger partial charge in [0.2, 0.25) is 5.91 Å². The van der Waals surface area contributed by atoms with E-state index < -0.39 is 0 Å². The van der Waals surface area contributed by atoms with E-state index in [-0.39, 0.29) is 18.3 Å². The van der Waals surface area contributed by atoms with Crippen molar-refractivity contribution in [2.45, 2.75) is 25.3 Å². The Kier molecular flexibility index (Phi) is 3.56. The van der Waals surface area contributed by atoms with Gasteiger partial charge in [0.25, 0.3) is 0 Å². The average Bonchev–Trinajstić information content (AvgIpc) is 2.19. The molecule has 2 bridgehead atoms. The van der Waals surface area contributed by atoms with Crippen LogP contribution in [0.4, 0.5) is 0 Å². The summed E-state index contributed by atoms with van der Waals surface area (Å²) in [6.07, 6.45) is 3.46. The van der Waals surface area contributed by atoms with Crippen LogP contribution in [0.15, 0.2) is 0 Å². The minimum Gasteiger partial charge on any atom is -0.341 e. The fraction of sp³-hybridized carbons (Fsp3) is 0.889. The maximum Gasteiger partial charge on any atom is 0.226 e. The lowest BCUT2D eigenvalue weighted by Crippen LogP contribution is -2.39. The second-order valence-corrected chi connectivity index (χ2v) is 3.89. The lowest BCUT2D eigenvalue weighted by Gasteiger charge is -2.24. The first-order valence-corrected chi connectivity index (χ1v) is 4.76. The molecule has 0 aromatic carbocycles. The molecule has 1 N–H and O–H groups in total. The first kappa shape index (κ1) is 10.8. The molecule has 0 aromatic rings. The molecule has 1 amide bonds. The molecule has 13 heavy (non-hydrogen) atoms. The molecule has 0 aliphatic carbocycles. The van der Waals surface area contributed by atoms with Gasteiger partial charge < -0.3 is 10.2 Å². The summed E-state index contributed by atoms with van der Waals surface area (Å²) in [7, 11) is 1.94. The maximum absolute atomic E-state index is 11.7. The number of fused-ring (bicyclic) bond motifs is 3. The SMILES string of the molecule is CN1C(=O)C2CCCC1CNC2.Cl. The summed E-state index contributed by atoms with van der Waals surface area (Å²) in [6, 6.07) is 0.449. The Hall–Kier alpha value is -0.280. The van der Waals surface area contributed by atoms with E-state index in [9.17, 15) is 4.79 Å². The molecule has 2 heterocycles. The summed E-state index contributed by atoms with van der Waals surface area (Å²) in [5.41, 5.74) is 0. The molecular weight excluding hydrogens is 188 g/mol. The first-order chi connectivity index (χ1) is 5.79. The van der Waals surface area contributed by atoms with E-state index in [1.807, 2.05) is 11.9 Å². The molecule has 0 saturated carbocycles. The largest absolute Gasteiger partial charge is 0.341 e. The van der Waals surface area contributed by atoms with Crippen LogP contribution >= 0.6 is 12.4 Å². The van der Waals surface area contributed by atoms with Crippen LogP contribution in [-0.2, 0) is 4.79 Å². The average molecular weight is 205 g/mol. The molecule has 2 rings (SSSR count). The molecular formula is C9H17ClN2O. The van der Waals surface area contributed by atoms with Gasteiger partial charge in [0.1, 0.15) is 0 Å². The Morgan fingerprint density at radius 2 is 2.15 bits per heavy atom. The van der Waals surface area contributed by atoms with Gasteiger partial charge >= 0.3 is 0 Å². The summed E-state index contributed by atoms with van der Waals surface area (Å²) in [5, 5.41) is 3.35. The van der Waals surface area contributed by atoms with E-state index in [2.05, 4.69) is 5.32 Å². The van der Waals surface area contributed by atoms with Gasteiger partial charge in [-0.25, -0.2) is 0 Å². The third-order valence-electron chi connectivity index (χ3n) is 3.11. The molecule has 76 valence electrons. The third kappa shape index (κ3) is 1.97. The predicted molar refractivity (Wildman–Crippen MR) is 54.0 cm³/mol. The number of hydrogen-bond acceptors (Lipinski definition) is 2. The van der Waals surface area contributed by atoms with E-state index in [1.165, 1.54) is 12.8 Å². The number of amides is 1. The Morgan fingerprint density at radius 1 is 1.38 bits per heavy atom. The molecule has 2 fully saturated rings. The highest BCUT2D eigenvalue weighted by atomic mass is 35.5. The number of halogens is 1. The molecule has 0 spiro atoms. The van der Waals surface area contributed by atoms with Crippen molar-refractivity contribution in [3.05, 3.63) is 0 Å². The van der Waals surface area contributed by atoms with Crippen molar-refractivity contribution in [2.75, 3.05) is 20.1 Å². The molecule has 4 heteroatoms. The van der Waals surface area contributed by atoms with Gasteiger partial charge in [-0.15, -0.1) is 12.4 Å². The summed E-state index contributed by atoms with van der Waals surface area (Å²) >= 11 is 0. The number of carbonyl (C=O) groups is 1. The fourth-order valence-electron chi connectivity index (χ4n) is 2.24. The third-order valence-corrected chi connectivity index (χ3v) is 3.11. The van der Waals surface area contributed by atoms with Crippen LogP contribution in [-0.4, -0.2) is 37.0 Å². The highest BCUT2D eigenvalue weighted by Crippen LogP contribution is 2.22. The van der Waals surface area contributed by atoms with E-state index in [0.29, 0.717) is 11.9 Å². The molecule has 2 unspecified atom stereocenters.